The van der Waals surface area contributed by atoms with E-state index in [9.17, 15) is 4.79 Å². The topological polar surface area (TPSA) is 42.6 Å². The van der Waals surface area contributed by atoms with Gasteiger partial charge in [0.25, 0.3) is 5.56 Å². The summed E-state index contributed by atoms with van der Waals surface area (Å²) in [6, 6.07) is 5.99. The molecule has 0 spiro atoms. The van der Waals surface area contributed by atoms with Crippen molar-refractivity contribution in [3.63, 3.8) is 0 Å². The number of benzene rings is 1. The minimum Gasteiger partial charge on any atom is -0.495 e. The Kier molecular flexibility index (Phi) is 6.66. The molecule has 1 saturated heterocycles. The van der Waals surface area contributed by atoms with E-state index < -0.39 is 0 Å². The molecule has 0 atom stereocenters. The summed E-state index contributed by atoms with van der Waals surface area (Å²) in [5.74, 6) is 0.836. The molecule has 1 aliphatic carbocycles. The van der Waals surface area contributed by atoms with Crippen LogP contribution in [0.1, 0.15) is 43.8 Å². The number of piperazine rings is 1. The first-order valence-corrected chi connectivity index (χ1v) is 11.5. The Hall–Kier alpha value is -1.63. The Morgan fingerprint density at radius 1 is 1.07 bits per heavy atom. The number of nitrogens with zero attached hydrogens (tertiary/aromatic N) is 4. The first-order valence-electron chi connectivity index (χ1n) is 10.8. The fourth-order valence-electron chi connectivity index (χ4n) is 4.81. The van der Waals surface area contributed by atoms with Crippen molar-refractivity contribution >= 4 is 28.9 Å². The molecule has 30 heavy (non-hydrogen) atoms. The number of methoxy groups -OCH3 is 1. The van der Waals surface area contributed by atoms with Crippen molar-refractivity contribution < 1.29 is 4.74 Å². The van der Waals surface area contributed by atoms with Crippen molar-refractivity contribution in [3.05, 3.63) is 44.3 Å². The van der Waals surface area contributed by atoms with Crippen molar-refractivity contribution in [2.75, 3.05) is 38.2 Å². The number of ether oxygens (including phenoxy) is 1. The average Bonchev–Trinajstić information content (AvgIpc) is 2.98. The van der Waals surface area contributed by atoms with E-state index in [1.54, 1.807) is 7.11 Å². The summed E-state index contributed by atoms with van der Waals surface area (Å²) in [5, 5.41) is 1.08. The molecule has 0 unspecified atom stereocenters. The number of rotatable bonds is 5. The lowest BCUT2D eigenvalue weighted by atomic mass is 9.96. The van der Waals surface area contributed by atoms with Gasteiger partial charge in [-0.25, -0.2) is 4.68 Å². The van der Waals surface area contributed by atoms with E-state index in [1.165, 1.54) is 19.3 Å². The Morgan fingerprint density at radius 2 is 1.77 bits per heavy atom. The molecule has 0 N–H and O–H groups in total. The molecule has 2 aromatic rings. The van der Waals surface area contributed by atoms with Gasteiger partial charge in [0.15, 0.2) is 0 Å². The SMILES string of the molecule is COc1ccc(Cl)cc1N1CCN(Cc2c(Cl)c(=O)n(C3CCCCC3)n2C)CC1. The summed E-state index contributed by atoms with van der Waals surface area (Å²) in [6.45, 7) is 4.19. The van der Waals surface area contributed by atoms with Gasteiger partial charge in [-0.1, -0.05) is 42.5 Å². The first kappa shape index (κ1) is 21.6. The Balaban J connectivity index is 1.46. The fraction of sp³-hybridized carbons (Fsp3) is 0.591. The van der Waals surface area contributed by atoms with Gasteiger partial charge in [0.05, 0.1) is 24.5 Å². The van der Waals surface area contributed by atoms with Gasteiger partial charge in [-0.3, -0.25) is 14.4 Å². The highest BCUT2D eigenvalue weighted by molar-refractivity contribution is 6.31. The monoisotopic (exact) mass is 452 g/mol. The molecule has 164 valence electrons. The lowest BCUT2D eigenvalue weighted by Gasteiger charge is -2.36. The lowest BCUT2D eigenvalue weighted by Crippen LogP contribution is -2.46. The van der Waals surface area contributed by atoms with E-state index in [2.05, 4.69) is 9.80 Å². The zero-order valence-corrected chi connectivity index (χ0v) is 19.3. The maximum Gasteiger partial charge on any atom is 0.286 e. The Morgan fingerprint density at radius 3 is 2.43 bits per heavy atom. The van der Waals surface area contributed by atoms with Crippen LogP contribution in [0, 0.1) is 0 Å². The van der Waals surface area contributed by atoms with Crippen LogP contribution in [0.5, 0.6) is 5.75 Å². The van der Waals surface area contributed by atoms with E-state index in [0.717, 1.165) is 56.2 Å². The molecule has 2 aliphatic rings. The third-order valence-electron chi connectivity index (χ3n) is 6.51. The third kappa shape index (κ3) is 4.23. The van der Waals surface area contributed by atoms with Gasteiger partial charge in [-0.05, 0) is 31.0 Å². The van der Waals surface area contributed by atoms with Crippen LogP contribution in [0.15, 0.2) is 23.0 Å². The molecule has 2 fully saturated rings. The normalized spacial score (nSPS) is 18.7. The van der Waals surface area contributed by atoms with E-state index in [1.807, 2.05) is 34.6 Å². The highest BCUT2D eigenvalue weighted by atomic mass is 35.5. The van der Waals surface area contributed by atoms with Gasteiger partial charge >= 0.3 is 0 Å². The second kappa shape index (κ2) is 9.25. The van der Waals surface area contributed by atoms with Crippen LogP contribution in [-0.4, -0.2) is 47.6 Å². The predicted octanol–water partition coefficient (Wildman–Crippen LogP) is 4.33. The van der Waals surface area contributed by atoms with Crippen LogP contribution in [-0.2, 0) is 13.6 Å². The molecular weight excluding hydrogens is 423 g/mol. The van der Waals surface area contributed by atoms with E-state index >= 15 is 0 Å². The van der Waals surface area contributed by atoms with Crippen molar-refractivity contribution in [2.24, 2.45) is 7.05 Å². The number of hydrogen-bond acceptors (Lipinski definition) is 4. The van der Waals surface area contributed by atoms with Gasteiger partial charge in [0.2, 0.25) is 0 Å². The highest BCUT2D eigenvalue weighted by Gasteiger charge is 2.26. The van der Waals surface area contributed by atoms with Gasteiger partial charge in [0, 0.05) is 44.8 Å². The summed E-state index contributed by atoms with van der Waals surface area (Å²) in [7, 11) is 3.66. The van der Waals surface area contributed by atoms with Gasteiger partial charge in [0.1, 0.15) is 10.8 Å². The van der Waals surface area contributed by atoms with Gasteiger partial charge in [-0.2, -0.15) is 0 Å². The van der Waals surface area contributed by atoms with Gasteiger partial charge in [-0.15, -0.1) is 0 Å². The Bertz CT molecular complexity index is 941. The molecule has 8 heteroatoms. The molecular formula is C22H30Cl2N4O2. The van der Waals surface area contributed by atoms with Crippen LogP contribution in [0.2, 0.25) is 10.0 Å². The van der Waals surface area contributed by atoms with Crippen molar-refractivity contribution in [2.45, 2.75) is 44.7 Å². The zero-order chi connectivity index (χ0) is 21.3. The molecule has 1 aromatic carbocycles. The lowest BCUT2D eigenvalue weighted by molar-refractivity contribution is 0.235. The molecule has 0 amide bonds. The van der Waals surface area contributed by atoms with Crippen LogP contribution in [0.25, 0.3) is 0 Å². The quantitative estimate of drug-likeness (QED) is 0.676. The van der Waals surface area contributed by atoms with Crippen molar-refractivity contribution in [1.29, 1.82) is 0 Å². The van der Waals surface area contributed by atoms with Crippen LogP contribution in [0.4, 0.5) is 5.69 Å². The molecule has 0 bridgehead atoms. The second-order valence-electron chi connectivity index (χ2n) is 8.31. The van der Waals surface area contributed by atoms with Crippen molar-refractivity contribution in [3.8, 4) is 5.75 Å². The molecule has 1 aliphatic heterocycles. The summed E-state index contributed by atoms with van der Waals surface area (Å²) < 4.78 is 9.41. The molecule has 6 nitrogen and oxygen atoms in total. The van der Waals surface area contributed by atoms with Crippen molar-refractivity contribution in [1.82, 2.24) is 14.3 Å². The maximum absolute atomic E-state index is 12.8. The maximum atomic E-state index is 12.8. The highest BCUT2D eigenvalue weighted by Crippen LogP contribution is 2.32. The van der Waals surface area contributed by atoms with E-state index in [-0.39, 0.29) is 11.6 Å². The second-order valence-corrected chi connectivity index (χ2v) is 9.12. The van der Waals surface area contributed by atoms with E-state index in [4.69, 9.17) is 27.9 Å². The average molecular weight is 453 g/mol. The smallest absolute Gasteiger partial charge is 0.286 e. The number of aromatic nitrogens is 2. The zero-order valence-electron chi connectivity index (χ0n) is 17.7. The fourth-order valence-corrected chi connectivity index (χ4v) is 5.24. The predicted molar refractivity (Wildman–Crippen MR) is 122 cm³/mol. The van der Waals surface area contributed by atoms with Crippen LogP contribution >= 0.6 is 23.2 Å². The Labute approximate surface area is 187 Å². The summed E-state index contributed by atoms with van der Waals surface area (Å²) in [5.41, 5.74) is 1.91. The van der Waals surface area contributed by atoms with E-state index in [0.29, 0.717) is 16.6 Å². The molecule has 4 rings (SSSR count). The van der Waals surface area contributed by atoms with Gasteiger partial charge < -0.3 is 9.64 Å². The minimum atomic E-state index is -0.0385. The first-order chi connectivity index (χ1) is 14.5. The van der Waals surface area contributed by atoms with Crippen LogP contribution < -0.4 is 15.2 Å². The minimum absolute atomic E-state index is 0.0385. The summed E-state index contributed by atoms with van der Waals surface area (Å²) in [6.07, 6.45) is 5.76. The summed E-state index contributed by atoms with van der Waals surface area (Å²) >= 11 is 12.7. The molecule has 0 radical (unpaired) electrons. The number of hydrogen-bond donors (Lipinski definition) is 0. The van der Waals surface area contributed by atoms with Crippen LogP contribution in [0.3, 0.4) is 0 Å². The summed E-state index contributed by atoms with van der Waals surface area (Å²) in [4.78, 5) is 17.5. The number of anilines is 1. The molecule has 2 heterocycles. The molecule has 1 saturated carbocycles. The largest absolute Gasteiger partial charge is 0.495 e. The standard InChI is InChI=1S/C22H30Cl2N4O2/c1-25-19(21(24)22(29)28(25)17-6-4-3-5-7-17)15-26-10-12-27(13-11-26)18-14-16(23)8-9-20(18)30-2/h8-9,14,17H,3-7,10-13,15H2,1-2H3. The number of halogens is 2. The third-order valence-corrected chi connectivity index (χ3v) is 7.13. The molecule has 1 aromatic heterocycles.